The molecule has 0 bridgehead atoms. The fraction of sp³-hybridized carbons (Fsp3) is 0.680. The van der Waals surface area contributed by atoms with E-state index in [1.54, 1.807) is 0 Å². The molecule has 0 aliphatic carbocycles. The Hall–Kier alpha value is -2.12. The van der Waals surface area contributed by atoms with E-state index in [4.69, 9.17) is 9.72 Å². The molecule has 2 aromatic heterocycles. The zero-order valence-corrected chi connectivity index (χ0v) is 19.8. The molecule has 5 rings (SSSR count). The summed E-state index contributed by atoms with van der Waals surface area (Å²) in [4.78, 5) is 25.5. The summed E-state index contributed by atoms with van der Waals surface area (Å²) in [5, 5.41) is 0. The molecule has 0 saturated carbocycles. The van der Waals surface area contributed by atoms with E-state index in [9.17, 15) is 4.79 Å². The van der Waals surface area contributed by atoms with Gasteiger partial charge in [-0.1, -0.05) is 6.92 Å². The van der Waals surface area contributed by atoms with E-state index in [1.807, 2.05) is 0 Å². The zero-order valence-electron chi connectivity index (χ0n) is 19.8. The molecule has 7 heteroatoms. The van der Waals surface area contributed by atoms with Crippen molar-refractivity contribution in [1.82, 2.24) is 19.4 Å². The van der Waals surface area contributed by atoms with Crippen LogP contribution in [0.5, 0.6) is 0 Å². The van der Waals surface area contributed by atoms with Gasteiger partial charge in [-0.05, 0) is 63.5 Å². The van der Waals surface area contributed by atoms with Crippen LogP contribution in [-0.4, -0.2) is 51.8 Å². The summed E-state index contributed by atoms with van der Waals surface area (Å²) in [6, 6.07) is 2.32. The van der Waals surface area contributed by atoms with Crippen molar-refractivity contribution in [3.05, 3.63) is 44.6 Å². The van der Waals surface area contributed by atoms with Gasteiger partial charge in [-0.3, -0.25) is 14.7 Å². The van der Waals surface area contributed by atoms with E-state index in [0.29, 0.717) is 12.0 Å². The fourth-order valence-corrected chi connectivity index (χ4v) is 5.69. The van der Waals surface area contributed by atoms with E-state index in [2.05, 4.69) is 46.2 Å². The van der Waals surface area contributed by atoms with Crippen LogP contribution in [-0.2, 0) is 30.8 Å². The van der Waals surface area contributed by atoms with Crippen molar-refractivity contribution < 1.29 is 4.74 Å². The van der Waals surface area contributed by atoms with Crippen LogP contribution in [0.1, 0.15) is 60.8 Å². The van der Waals surface area contributed by atoms with Gasteiger partial charge in [-0.15, -0.1) is 0 Å². The molecule has 2 atom stereocenters. The molecule has 0 amide bonds. The number of H-pyrrole nitrogens is 1. The van der Waals surface area contributed by atoms with E-state index in [1.165, 1.54) is 29.8 Å². The minimum Gasteiger partial charge on any atom is -0.376 e. The van der Waals surface area contributed by atoms with Gasteiger partial charge >= 0.3 is 0 Å². The smallest absolute Gasteiger partial charge is 0.255 e. The number of piperidine rings is 1. The first-order chi connectivity index (χ1) is 15.5. The van der Waals surface area contributed by atoms with Crippen LogP contribution in [0.3, 0.4) is 0 Å². The number of nitrogens with one attached hydrogen (secondary N) is 1. The highest BCUT2D eigenvalue weighted by Crippen LogP contribution is 2.25. The van der Waals surface area contributed by atoms with E-state index < -0.39 is 0 Å². The minimum absolute atomic E-state index is 0.0534. The summed E-state index contributed by atoms with van der Waals surface area (Å²) in [5.74, 6) is 1.41. The normalized spacial score (nSPS) is 24.2. The number of fused-ring (bicyclic) bond motifs is 1. The number of aromatic nitrogens is 3. The molecule has 32 heavy (non-hydrogen) atoms. The van der Waals surface area contributed by atoms with Crippen LogP contribution in [0.4, 0.5) is 5.95 Å². The van der Waals surface area contributed by atoms with Crippen LogP contribution in [0.15, 0.2) is 10.9 Å². The van der Waals surface area contributed by atoms with Gasteiger partial charge in [0, 0.05) is 62.8 Å². The molecule has 2 aromatic rings. The van der Waals surface area contributed by atoms with Crippen molar-refractivity contribution in [3.8, 4) is 0 Å². The average Bonchev–Trinajstić information content (AvgIpc) is 3.38. The van der Waals surface area contributed by atoms with E-state index in [-0.39, 0.29) is 5.56 Å². The van der Waals surface area contributed by atoms with Crippen LogP contribution < -0.4 is 10.5 Å². The fourth-order valence-electron chi connectivity index (χ4n) is 5.69. The van der Waals surface area contributed by atoms with Crippen molar-refractivity contribution in [2.75, 3.05) is 31.1 Å². The summed E-state index contributed by atoms with van der Waals surface area (Å²) in [6.07, 6.45) is 5.87. The van der Waals surface area contributed by atoms with Gasteiger partial charge in [-0.2, -0.15) is 0 Å². The van der Waals surface area contributed by atoms with Gasteiger partial charge in [0.15, 0.2) is 0 Å². The third-order valence-electron chi connectivity index (χ3n) is 7.58. The highest BCUT2D eigenvalue weighted by atomic mass is 16.5. The van der Waals surface area contributed by atoms with Gasteiger partial charge in [0.05, 0.1) is 11.8 Å². The lowest BCUT2D eigenvalue weighted by molar-refractivity contribution is 0.0961. The molecule has 0 spiro atoms. The number of aryl methyl sites for hydroxylation is 1. The third-order valence-corrected chi connectivity index (χ3v) is 7.58. The Kier molecular flexibility index (Phi) is 6.12. The second-order valence-electron chi connectivity index (χ2n) is 10.1. The van der Waals surface area contributed by atoms with E-state index in [0.717, 1.165) is 82.3 Å². The zero-order chi connectivity index (χ0) is 22.2. The van der Waals surface area contributed by atoms with Crippen LogP contribution in [0, 0.1) is 19.8 Å². The third kappa shape index (κ3) is 4.37. The first-order valence-electron chi connectivity index (χ1n) is 12.3. The van der Waals surface area contributed by atoms with Crippen molar-refractivity contribution in [2.24, 2.45) is 5.92 Å². The van der Waals surface area contributed by atoms with E-state index >= 15 is 0 Å². The second kappa shape index (κ2) is 9.02. The van der Waals surface area contributed by atoms with Gasteiger partial charge in [-0.25, -0.2) is 4.98 Å². The minimum atomic E-state index is 0.0534. The predicted molar refractivity (Wildman–Crippen MR) is 126 cm³/mol. The van der Waals surface area contributed by atoms with Crippen LogP contribution >= 0.6 is 0 Å². The lowest BCUT2D eigenvalue weighted by atomic mass is 10.0. The highest BCUT2D eigenvalue weighted by molar-refractivity contribution is 5.35. The number of anilines is 1. The molecule has 0 radical (unpaired) electrons. The van der Waals surface area contributed by atoms with Gasteiger partial charge in [0.1, 0.15) is 0 Å². The number of nitrogens with zero attached hydrogens (tertiary/aromatic N) is 4. The Morgan fingerprint density at radius 3 is 2.88 bits per heavy atom. The number of hydrogen-bond acceptors (Lipinski definition) is 5. The molecule has 174 valence electrons. The standard InChI is InChI=1S/C25H37N5O2/c1-17-6-4-9-29(13-17)25-26-23-16-28(10-8-22(23)24(31)27-25)14-20-12-18(2)30(19(20)3)15-21-7-5-11-32-21/h12,17,21H,4-11,13-16H2,1-3H3,(H,26,27,31)/t17-,21-/m1/s1. The second-order valence-corrected chi connectivity index (χ2v) is 10.1. The Morgan fingerprint density at radius 1 is 1.22 bits per heavy atom. The maximum Gasteiger partial charge on any atom is 0.255 e. The molecule has 7 nitrogen and oxygen atoms in total. The quantitative estimate of drug-likeness (QED) is 0.775. The van der Waals surface area contributed by atoms with Gasteiger partial charge in [0.2, 0.25) is 5.95 Å². The van der Waals surface area contributed by atoms with Crippen molar-refractivity contribution in [1.29, 1.82) is 0 Å². The van der Waals surface area contributed by atoms with Gasteiger partial charge in [0.25, 0.3) is 5.56 Å². The summed E-state index contributed by atoms with van der Waals surface area (Å²) in [7, 11) is 0. The summed E-state index contributed by atoms with van der Waals surface area (Å²) < 4.78 is 8.29. The predicted octanol–water partition coefficient (Wildman–Crippen LogP) is 3.16. The van der Waals surface area contributed by atoms with Crippen LogP contribution in [0.25, 0.3) is 0 Å². The molecular formula is C25H37N5O2. The Morgan fingerprint density at radius 2 is 2.09 bits per heavy atom. The first kappa shape index (κ1) is 21.7. The maximum atomic E-state index is 12.8. The van der Waals surface area contributed by atoms with Crippen molar-refractivity contribution in [3.63, 3.8) is 0 Å². The van der Waals surface area contributed by atoms with Crippen molar-refractivity contribution in [2.45, 2.75) is 78.6 Å². The monoisotopic (exact) mass is 439 g/mol. The molecular weight excluding hydrogens is 402 g/mol. The molecule has 2 saturated heterocycles. The molecule has 2 fully saturated rings. The topological polar surface area (TPSA) is 66.4 Å². The Bertz CT molecular complexity index is 1020. The lowest BCUT2D eigenvalue weighted by Gasteiger charge is -2.33. The molecule has 3 aliphatic rings. The molecule has 5 heterocycles. The average molecular weight is 440 g/mol. The number of rotatable bonds is 5. The summed E-state index contributed by atoms with van der Waals surface area (Å²) in [6.45, 7) is 13.0. The lowest BCUT2D eigenvalue weighted by Crippen LogP contribution is -2.39. The van der Waals surface area contributed by atoms with Gasteiger partial charge < -0.3 is 14.2 Å². The molecule has 1 N–H and O–H groups in total. The Balaban J connectivity index is 1.31. The maximum absolute atomic E-state index is 12.8. The first-order valence-corrected chi connectivity index (χ1v) is 12.3. The number of ether oxygens (including phenoxy) is 1. The number of aromatic amines is 1. The number of hydrogen-bond donors (Lipinski definition) is 1. The molecule has 3 aliphatic heterocycles. The SMILES string of the molecule is Cc1cc(CN2CCc3c(nc(N4CCC[C@@H](C)C4)[nH]c3=O)C2)c(C)n1C[C@H]1CCCO1. The summed E-state index contributed by atoms with van der Waals surface area (Å²) >= 11 is 0. The summed E-state index contributed by atoms with van der Waals surface area (Å²) in [5.41, 5.74) is 5.91. The van der Waals surface area contributed by atoms with Crippen LogP contribution in [0.2, 0.25) is 0 Å². The molecule has 0 unspecified atom stereocenters. The molecule has 0 aromatic carbocycles. The van der Waals surface area contributed by atoms with Crippen molar-refractivity contribution >= 4 is 5.95 Å². The largest absolute Gasteiger partial charge is 0.376 e. The highest BCUT2D eigenvalue weighted by Gasteiger charge is 2.26. The Labute approximate surface area is 190 Å².